The lowest BCUT2D eigenvalue weighted by molar-refractivity contribution is -0.136. The predicted octanol–water partition coefficient (Wildman–Crippen LogP) is 2.94. The molecule has 0 aromatic rings. The van der Waals surface area contributed by atoms with Crippen LogP contribution in [-0.2, 0) is 4.79 Å². The van der Waals surface area contributed by atoms with Gasteiger partial charge in [0, 0.05) is 0 Å². The fourth-order valence-electron chi connectivity index (χ4n) is 0.601. The van der Waals surface area contributed by atoms with Crippen molar-refractivity contribution in [1.29, 1.82) is 0 Å². The van der Waals surface area contributed by atoms with Crippen LogP contribution in [0, 0.1) is 0 Å². The van der Waals surface area contributed by atoms with Crippen LogP contribution in [0.3, 0.4) is 0 Å². The van der Waals surface area contributed by atoms with Crippen molar-refractivity contribution in [2.75, 3.05) is 5.75 Å². The van der Waals surface area contributed by atoms with E-state index in [4.69, 9.17) is 5.11 Å². The zero-order chi connectivity index (χ0) is 10.3. The van der Waals surface area contributed by atoms with Crippen LogP contribution in [0.15, 0.2) is 0 Å². The number of hydrogen-bond acceptors (Lipinski definition) is 4. The van der Waals surface area contributed by atoms with Crippen LogP contribution in [0.25, 0.3) is 0 Å². The Bertz CT molecular complexity index is 152. The first-order valence-corrected chi connectivity index (χ1v) is 6.76. The van der Waals surface area contributed by atoms with Crippen molar-refractivity contribution in [2.45, 2.75) is 35.9 Å². The number of carboxylic acid groups (broad SMARTS) is 1. The Hall–Kier alpha value is 0.520. The summed E-state index contributed by atoms with van der Waals surface area (Å²) < 4.78 is 0.0812. The Labute approximate surface area is 93.7 Å². The minimum absolute atomic E-state index is 0.0812. The molecule has 0 spiro atoms. The molecule has 0 aliphatic rings. The first-order chi connectivity index (χ1) is 6.07. The number of carbonyl (C=O) groups is 1. The molecule has 0 aliphatic heterocycles. The number of thioether (sulfide) groups is 2. The van der Waals surface area contributed by atoms with Gasteiger partial charge in [-0.05, 0) is 19.1 Å². The molecule has 78 valence electrons. The molecule has 0 aromatic heterocycles. The van der Waals surface area contributed by atoms with Crippen molar-refractivity contribution in [3.63, 3.8) is 0 Å². The highest BCUT2D eigenvalue weighted by Gasteiger charge is 2.15. The van der Waals surface area contributed by atoms with Crippen molar-refractivity contribution in [3.05, 3.63) is 0 Å². The van der Waals surface area contributed by atoms with E-state index in [1.807, 2.05) is 0 Å². The molecule has 0 fully saturated rings. The Kier molecular flexibility index (Phi) is 8.20. The number of aliphatic carboxylic acids is 1. The van der Waals surface area contributed by atoms with Crippen molar-refractivity contribution < 1.29 is 9.90 Å². The first-order valence-electron chi connectivity index (χ1n) is 4.25. The van der Waals surface area contributed by atoms with Crippen LogP contribution in [0.2, 0.25) is 0 Å². The molecule has 0 bridgehead atoms. The number of thiol groups is 1. The third-order valence-electron chi connectivity index (χ3n) is 1.43. The highest BCUT2D eigenvalue weighted by atomic mass is 32.3. The lowest BCUT2D eigenvalue weighted by Crippen LogP contribution is -2.13. The second-order valence-corrected chi connectivity index (χ2v) is 6.83. The molecule has 0 saturated carbocycles. The van der Waals surface area contributed by atoms with E-state index in [2.05, 4.69) is 19.6 Å². The average Bonchev–Trinajstić information content (AvgIpc) is 2.04. The van der Waals surface area contributed by atoms with E-state index in [-0.39, 0.29) is 9.16 Å². The quantitative estimate of drug-likeness (QED) is 0.407. The summed E-state index contributed by atoms with van der Waals surface area (Å²) in [5, 5.41) is 8.27. The van der Waals surface area contributed by atoms with Crippen LogP contribution in [0.1, 0.15) is 26.7 Å². The summed E-state index contributed by atoms with van der Waals surface area (Å²) in [5.74, 6) is 0.296. The van der Waals surface area contributed by atoms with Crippen LogP contribution in [0.4, 0.5) is 0 Å². The van der Waals surface area contributed by atoms with Crippen LogP contribution in [-0.4, -0.2) is 26.0 Å². The van der Waals surface area contributed by atoms with Gasteiger partial charge in [-0.2, -0.15) is 12.6 Å². The number of hydrogen-bond donors (Lipinski definition) is 2. The summed E-state index contributed by atoms with van der Waals surface area (Å²) in [6.07, 6.45) is 2.34. The molecule has 2 unspecified atom stereocenters. The molecular weight excluding hydrogens is 224 g/mol. The summed E-state index contributed by atoms with van der Waals surface area (Å²) in [6.45, 7) is 3.83. The van der Waals surface area contributed by atoms with Gasteiger partial charge in [-0.3, -0.25) is 4.79 Å². The van der Waals surface area contributed by atoms with Gasteiger partial charge < -0.3 is 5.11 Å². The molecule has 0 aromatic carbocycles. The summed E-state index contributed by atoms with van der Waals surface area (Å²) in [4.78, 5) is 10.5. The highest BCUT2D eigenvalue weighted by molar-refractivity contribution is 8.28. The summed E-state index contributed by atoms with van der Waals surface area (Å²) >= 11 is 7.40. The molecule has 0 heterocycles. The Morgan fingerprint density at radius 3 is 2.69 bits per heavy atom. The first kappa shape index (κ1) is 13.5. The molecular formula is C8H16O2S3. The van der Waals surface area contributed by atoms with E-state index < -0.39 is 5.97 Å². The molecule has 5 heteroatoms. The van der Waals surface area contributed by atoms with Gasteiger partial charge in [-0.25, -0.2) is 0 Å². The highest BCUT2D eigenvalue weighted by Crippen LogP contribution is 2.30. The van der Waals surface area contributed by atoms with Gasteiger partial charge >= 0.3 is 5.97 Å². The molecule has 2 nitrogen and oxygen atoms in total. The molecule has 1 N–H and O–H groups in total. The minimum atomic E-state index is -0.764. The van der Waals surface area contributed by atoms with Crippen molar-refractivity contribution in [2.24, 2.45) is 0 Å². The van der Waals surface area contributed by atoms with Gasteiger partial charge in [0.1, 0.15) is 5.25 Å². The van der Waals surface area contributed by atoms with Gasteiger partial charge in [-0.15, -0.1) is 23.5 Å². The molecule has 0 amide bonds. The fraction of sp³-hybridized carbons (Fsp3) is 0.875. The molecule has 2 atom stereocenters. The second kappa shape index (κ2) is 7.88. The maximum Gasteiger partial charge on any atom is 0.316 e. The fourth-order valence-corrected chi connectivity index (χ4v) is 3.69. The zero-order valence-electron chi connectivity index (χ0n) is 7.90. The van der Waals surface area contributed by atoms with Crippen LogP contribution < -0.4 is 0 Å². The zero-order valence-corrected chi connectivity index (χ0v) is 10.4. The average molecular weight is 240 g/mol. The topological polar surface area (TPSA) is 37.3 Å². The van der Waals surface area contributed by atoms with Crippen LogP contribution in [0.5, 0.6) is 0 Å². The monoisotopic (exact) mass is 240 g/mol. The normalized spacial score (nSPS) is 15.3. The van der Waals surface area contributed by atoms with E-state index in [9.17, 15) is 4.79 Å². The van der Waals surface area contributed by atoms with Gasteiger partial charge in [0.2, 0.25) is 0 Å². The maximum atomic E-state index is 10.5. The summed E-state index contributed by atoms with van der Waals surface area (Å²) in [7, 11) is 0. The molecule has 0 rings (SSSR count). The Morgan fingerprint density at radius 2 is 2.23 bits per heavy atom. The third-order valence-corrected chi connectivity index (χ3v) is 4.63. The van der Waals surface area contributed by atoms with E-state index in [1.165, 1.54) is 24.6 Å². The summed E-state index contributed by atoms with van der Waals surface area (Å²) in [5.41, 5.74) is 0. The SMILES string of the molecule is CCCCSC(S)SC(C)C(=O)O. The van der Waals surface area contributed by atoms with Gasteiger partial charge in [0.05, 0.1) is 3.91 Å². The number of unbranched alkanes of at least 4 members (excludes halogenated alkanes) is 1. The lowest BCUT2D eigenvalue weighted by atomic mass is 10.4. The van der Waals surface area contributed by atoms with Crippen molar-refractivity contribution in [3.8, 4) is 0 Å². The largest absolute Gasteiger partial charge is 0.480 e. The molecule has 0 saturated heterocycles. The standard InChI is InChI=1S/C8H16O2S3/c1-3-4-5-12-8(11)13-6(2)7(9)10/h6,8,11H,3-5H2,1-2H3,(H,9,10). The van der Waals surface area contributed by atoms with Crippen molar-refractivity contribution >= 4 is 42.1 Å². The van der Waals surface area contributed by atoms with Crippen LogP contribution >= 0.6 is 36.2 Å². The van der Waals surface area contributed by atoms with E-state index in [1.54, 1.807) is 18.7 Å². The third kappa shape index (κ3) is 7.58. The molecule has 0 radical (unpaired) electrons. The number of carboxylic acids is 1. The van der Waals surface area contributed by atoms with E-state index >= 15 is 0 Å². The Balaban J connectivity index is 3.49. The minimum Gasteiger partial charge on any atom is -0.480 e. The van der Waals surface area contributed by atoms with Gasteiger partial charge in [0.15, 0.2) is 0 Å². The lowest BCUT2D eigenvalue weighted by Gasteiger charge is -2.12. The maximum absolute atomic E-state index is 10.5. The smallest absolute Gasteiger partial charge is 0.316 e. The number of rotatable bonds is 7. The predicted molar refractivity (Wildman–Crippen MR) is 64.8 cm³/mol. The van der Waals surface area contributed by atoms with E-state index in [0.717, 1.165) is 5.75 Å². The van der Waals surface area contributed by atoms with Gasteiger partial charge in [-0.1, -0.05) is 13.3 Å². The van der Waals surface area contributed by atoms with Crippen molar-refractivity contribution in [1.82, 2.24) is 0 Å². The van der Waals surface area contributed by atoms with E-state index in [0.29, 0.717) is 0 Å². The molecule has 13 heavy (non-hydrogen) atoms. The van der Waals surface area contributed by atoms with Gasteiger partial charge in [0.25, 0.3) is 0 Å². The Morgan fingerprint density at radius 1 is 1.62 bits per heavy atom. The molecule has 0 aliphatic carbocycles. The second-order valence-electron chi connectivity index (χ2n) is 2.65. The summed E-state index contributed by atoms with van der Waals surface area (Å²) in [6, 6.07) is 0.